The fraction of sp³-hybridized carbons (Fsp3) is 0.895. The van der Waals surface area contributed by atoms with Crippen LogP contribution in [0.1, 0.15) is 71.6 Å². The van der Waals surface area contributed by atoms with Crippen molar-refractivity contribution in [3.05, 3.63) is 0 Å². The fourth-order valence-corrected chi connectivity index (χ4v) is 5.28. The smallest absolute Gasteiger partial charge is 0.242 e. The zero-order chi connectivity index (χ0) is 18.8. The van der Waals surface area contributed by atoms with E-state index in [0.717, 1.165) is 50.8 Å². The quantitative estimate of drug-likeness (QED) is 0.463. The van der Waals surface area contributed by atoms with Crippen molar-refractivity contribution in [3.8, 4) is 0 Å². The molecular weight excluding hydrogens is 348 g/mol. The van der Waals surface area contributed by atoms with Crippen molar-refractivity contribution in [2.45, 2.75) is 89.0 Å². The summed E-state index contributed by atoms with van der Waals surface area (Å²) in [6.45, 7) is 4.93. The Morgan fingerprint density at radius 1 is 1.00 bits per heavy atom. The van der Waals surface area contributed by atoms with E-state index in [2.05, 4.69) is 20.9 Å². The molecule has 3 unspecified atom stereocenters. The van der Waals surface area contributed by atoms with Crippen LogP contribution in [0, 0.1) is 0 Å². The number of guanidine groups is 1. The van der Waals surface area contributed by atoms with Crippen LogP contribution in [0.5, 0.6) is 0 Å². The van der Waals surface area contributed by atoms with Gasteiger partial charge in [0.2, 0.25) is 5.91 Å². The van der Waals surface area contributed by atoms with Gasteiger partial charge in [0.1, 0.15) is 6.54 Å². The van der Waals surface area contributed by atoms with Crippen LogP contribution in [0.25, 0.3) is 0 Å². The Hall–Kier alpha value is -1.11. The van der Waals surface area contributed by atoms with Crippen LogP contribution in [-0.2, 0) is 15.6 Å². The third-order valence-electron chi connectivity index (χ3n) is 5.32. The maximum absolute atomic E-state index is 12.2. The lowest BCUT2D eigenvalue weighted by Crippen LogP contribution is -2.47. The molecule has 3 atom stereocenters. The van der Waals surface area contributed by atoms with E-state index in [0.29, 0.717) is 12.0 Å². The van der Waals surface area contributed by atoms with Crippen molar-refractivity contribution in [1.82, 2.24) is 16.0 Å². The zero-order valence-electron chi connectivity index (χ0n) is 16.4. The minimum atomic E-state index is -0.733. The summed E-state index contributed by atoms with van der Waals surface area (Å²) in [6, 6.07) is 0.605. The van der Waals surface area contributed by atoms with Gasteiger partial charge in [-0.3, -0.25) is 9.00 Å². The van der Waals surface area contributed by atoms with Gasteiger partial charge in [0.15, 0.2) is 5.96 Å². The van der Waals surface area contributed by atoms with E-state index in [9.17, 15) is 9.00 Å². The molecule has 2 rings (SSSR count). The van der Waals surface area contributed by atoms with Crippen LogP contribution in [-0.4, -0.2) is 52.3 Å². The number of hydrogen-bond acceptors (Lipinski definition) is 3. The first-order valence-corrected chi connectivity index (χ1v) is 11.7. The van der Waals surface area contributed by atoms with Crippen LogP contribution in [0.2, 0.25) is 0 Å². The van der Waals surface area contributed by atoms with Crippen LogP contribution in [0.4, 0.5) is 0 Å². The van der Waals surface area contributed by atoms with Gasteiger partial charge in [-0.2, -0.15) is 0 Å². The molecule has 1 amide bonds. The Morgan fingerprint density at radius 3 is 2.42 bits per heavy atom. The largest absolute Gasteiger partial charge is 0.357 e. The van der Waals surface area contributed by atoms with Crippen molar-refractivity contribution in [2.75, 3.05) is 18.8 Å². The number of rotatable bonds is 7. The summed E-state index contributed by atoms with van der Waals surface area (Å²) < 4.78 is 12.1. The summed E-state index contributed by atoms with van der Waals surface area (Å²) >= 11 is 0. The molecule has 0 heterocycles. The summed E-state index contributed by atoms with van der Waals surface area (Å²) in [5.41, 5.74) is 0. The van der Waals surface area contributed by atoms with Gasteiger partial charge < -0.3 is 16.0 Å². The van der Waals surface area contributed by atoms with Crippen LogP contribution < -0.4 is 16.0 Å². The molecule has 2 aliphatic rings. The summed E-state index contributed by atoms with van der Waals surface area (Å²) in [5.74, 6) is 1.43. The molecule has 0 bridgehead atoms. The highest BCUT2D eigenvalue weighted by molar-refractivity contribution is 7.85. The average molecular weight is 385 g/mol. The van der Waals surface area contributed by atoms with Crippen molar-refractivity contribution >= 4 is 22.7 Å². The molecule has 0 aromatic carbocycles. The summed E-state index contributed by atoms with van der Waals surface area (Å²) in [6.07, 6.45) is 10.0. The Balaban J connectivity index is 1.83. The molecule has 26 heavy (non-hydrogen) atoms. The molecule has 7 heteroatoms. The number of nitrogens with one attached hydrogen (secondary N) is 3. The first kappa shape index (κ1) is 21.2. The number of carbonyl (C=O) groups is 1. The van der Waals surface area contributed by atoms with Crippen LogP contribution in [0.15, 0.2) is 4.99 Å². The monoisotopic (exact) mass is 384 g/mol. The molecule has 0 aromatic rings. The van der Waals surface area contributed by atoms with Gasteiger partial charge in [-0.25, -0.2) is 4.99 Å². The predicted molar refractivity (Wildman–Crippen MR) is 109 cm³/mol. The molecule has 150 valence electrons. The van der Waals surface area contributed by atoms with Crippen molar-refractivity contribution in [2.24, 2.45) is 4.99 Å². The normalized spacial score (nSPS) is 26.2. The molecule has 0 saturated heterocycles. The minimum Gasteiger partial charge on any atom is -0.357 e. The molecular formula is C19H36N4O2S. The summed E-state index contributed by atoms with van der Waals surface area (Å²) in [7, 11) is -0.733. The maximum atomic E-state index is 12.2. The Labute approximate surface area is 160 Å². The number of amides is 1. The predicted octanol–water partition coefficient (Wildman–Crippen LogP) is 2.07. The molecule has 0 spiro atoms. The van der Waals surface area contributed by atoms with E-state index in [-0.39, 0.29) is 23.7 Å². The van der Waals surface area contributed by atoms with Crippen LogP contribution in [0.3, 0.4) is 0 Å². The van der Waals surface area contributed by atoms with Gasteiger partial charge in [-0.05, 0) is 39.0 Å². The molecule has 2 aliphatic carbocycles. The highest BCUT2D eigenvalue weighted by Crippen LogP contribution is 2.23. The second-order valence-electron chi connectivity index (χ2n) is 7.40. The third-order valence-corrected chi connectivity index (χ3v) is 7.06. The number of nitrogens with zero attached hydrogens (tertiary/aromatic N) is 1. The fourth-order valence-electron chi connectivity index (χ4n) is 3.94. The first-order valence-electron chi connectivity index (χ1n) is 10.3. The van der Waals surface area contributed by atoms with E-state index in [1.807, 2.05) is 13.8 Å². The highest BCUT2D eigenvalue weighted by atomic mass is 32.2. The summed E-state index contributed by atoms with van der Waals surface area (Å²) in [4.78, 5) is 16.6. The molecule has 0 radical (unpaired) electrons. The van der Waals surface area contributed by atoms with Crippen molar-refractivity contribution in [3.63, 3.8) is 0 Å². The zero-order valence-corrected chi connectivity index (χ0v) is 17.2. The van der Waals surface area contributed by atoms with Gasteiger partial charge in [0.05, 0.1) is 0 Å². The minimum absolute atomic E-state index is 0.00251. The third kappa shape index (κ3) is 7.25. The Bertz CT molecular complexity index is 492. The summed E-state index contributed by atoms with van der Waals surface area (Å²) in [5, 5.41) is 10.1. The number of aliphatic imine (C=N–C) groups is 1. The first-order chi connectivity index (χ1) is 12.6. The lowest BCUT2D eigenvalue weighted by Gasteiger charge is -2.30. The van der Waals surface area contributed by atoms with E-state index < -0.39 is 10.8 Å². The lowest BCUT2D eigenvalue weighted by atomic mass is 9.95. The van der Waals surface area contributed by atoms with Gasteiger partial charge in [-0.1, -0.05) is 32.6 Å². The molecule has 0 aromatic heterocycles. The van der Waals surface area contributed by atoms with Gasteiger partial charge in [0, 0.05) is 40.4 Å². The molecule has 2 saturated carbocycles. The number of hydrogen-bond donors (Lipinski definition) is 3. The number of carbonyl (C=O) groups excluding carboxylic acids is 1. The van der Waals surface area contributed by atoms with Gasteiger partial charge in [-0.15, -0.1) is 0 Å². The standard InChI is InChI=1S/C19H36N4O2S/c1-3-20-19(21-14-18(24)22-15-9-6-5-7-10-15)23-16-11-8-12-17(13-16)26(25)4-2/h15-17H,3-14H2,1-2H3,(H,22,24)(H2,20,21,23). The van der Waals surface area contributed by atoms with E-state index in [1.54, 1.807) is 0 Å². The molecule has 3 N–H and O–H groups in total. The Morgan fingerprint density at radius 2 is 1.73 bits per heavy atom. The second-order valence-corrected chi connectivity index (χ2v) is 9.40. The lowest BCUT2D eigenvalue weighted by molar-refractivity contribution is -0.120. The maximum Gasteiger partial charge on any atom is 0.242 e. The van der Waals surface area contributed by atoms with Crippen LogP contribution >= 0.6 is 0 Å². The van der Waals surface area contributed by atoms with Crippen molar-refractivity contribution in [1.29, 1.82) is 0 Å². The highest BCUT2D eigenvalue weighted by Gasteiger charge is 2.26. The van der Waals surface area contributed by atoms with E-state index in [4.69, 9.17) is 0 Å². The topological polar surface area (TPSA) is 82.6 Å². The molecule has 2 fully saturated rings. The van der Waals surface area contributed by atoms with Crippen molar-refractivity contribution < 1.29 is 9.00 Å². The average Bonchev–Trinajstić information content (AvgIpc) is 2.66. The van der Waals surface area contributed by atoms with E-state index >= 15 is 0 Å². The molecule has 0 aliphatic heterocycles. The van der Waals surface area contributed by atoms with E-state index in [1.165, 1.54) is 19.3 Å². The van der Waals surface area contributed by atoms with Gasteiger partial charge >= 0.3 is 0 Å². The Kier molecular flexibility index (Phi) is 9.43. The molecule has 6 nitrogen and oxygen atoms in total. The SMILES string of the molecule is CCNC(=NCC(=O)NC1CCCCC1)NC1CCCC(S(=O)CC)C1. The van der Waals surface area contributed by atoms with Gasteiger partial charge in [0.25, 0.3) is 0 Å². The second kappa shape index (κ2) is 11.6.